The van der Waals surface area contributed by atoms with E-state index < -0.39 is 0 Å². The summed E-state index contributed by atoms with van der Waals surface area (Å²) in [6.45, 7) is 2.51. The highest BCUT2D eigenvalue weighted by Gasteiger charge is 2.26. The minimum Gasteiger partial charge on any atom is -0.282 e. The average Bonchev–Trinajstić information content (AvgIpc) is 2.90. The van der Waals surface area contributed by atoms with Crippen LogP contribution in [0.25, 0.3) is 11.5 Å². The van der Waals surface area contributed by atoms with Gasteiger partial charge in [-0.1, -0.05) is 0 Å². The van der Waals surface area contributed by atoms with Gasteiger partial charge >= 0.3 is 5.69 Å². The smallest absolute Gasteiger partial charge is 0.282 e. The Labute approximate surface area is 91.7 Å². The number of aromatic amines is 2. The van der Waals surface area contributed by atoms with Crippen molar-refractivity contribution >= 4 is 0 Å². The lowest BCUT2D eigenvalue weighted by Gasteiger charge is -1.96. The zero-order chi connectivity index (χ0) is 11.1. The molecule has 0 radical (unpaired) electrons. The normalized spacial score (nSPS) is 15.6. The van der Waals surface area contributed by atoms with E-state index >= 15 is 0 Å². The zero-order valence-corrected chi connectivity index (χ0v) is 9.03. The molecule has 6 nitrogen and oxygen atoms in total. The molecule has 2 N–H and O–H groups in total. The largest absolute Gasteiger partial charge is 0.343 e. The maximum absolute atomic E-state index is 11.4. The molecule has 84 valence electrons. The summed E-state index contributed by atoms with van der Waals surface area (Å²) in [5.41, 5.74) is 1.70. The first-order valence-electron chi connectivity index (χ1n) is 5.50. The Morgan fingerprint density at radius 3 is 2.94 bits per heavy atom. The van der Waals surface area contributed by atoms with Gasteiger partial charge < -0.3 is 0 Å². The molecule has 2 aromatic rings. The van der Waals surface area contributed by atoms with Crippen LogP contribution in [-0.4, -0.2) is 25.0 Å². The van der Waals surface area contributed by atoms with Crippen molar-refractivity contribution in [3.05, 3.63) is 22.2 Å². The SMILES string of the molecule is CCn1c(-c2cc(C3CC3)[nH]n2)n[nH]c1=O. The molecule has 0 aromatic carbocycles. The Kier molecular flexibility index (Phi) is 1.95. The van der Waals surface area contributed by atoms with E-state index in [0.29, 0.717) is 18.3 Å². The molecule has 1 fully saturated rings. The lowest BCUT2D eigenvalue weighted by molar-refractivity contribution is 0.734. The van der Waals surface area contributed by atoms with Gasteiger partial charge in [-0.15, -0.1) is 0 Å². The maximum Gasteiger partial charge on any atom is 0.343 e. The molecular weight excluding hydrogens is 206 g/mol. The molecule has 0 spiro atoms. The molecule has 0 amide bonds. The van der Waals surface area contributed by atoms with Crippen LogP contribution >= 0.6 is 0 Å². The third-order valence-corrected chi connectivity index (χ3v) is 2.92. The van der Waals surface area contributed by atoms with Crippen molar-refractivity contribution < 1.29 is 0 Å². The number of aromatic nitrogens is 5. The predicted molar refractivity (Wildman–Crippen MR) is 58.1 cm³/mol. The predicted octanol–water partition coefficient (Wildman–Crippen LogP) is 0.859. The molecule has 6 heteroatoms. The highest BCUT2D eigenvalue weighted by Crippen LogP contribution is 2.39. The third-order valence-electron chi connectivity index (χ3n) is 2.92. The molecule has 2 aromatic heterocycles. The molecular formula is C10H13N5O. The van der Waals surface area contributed by atoms with Gasteiger partial charge in [-0.25, -0.2) is 9.89 Å². The first-order chi connectivity index (χ1) is 7.79. The maximum atomic E-state index is 11.4. The van der Waals surface area contributed by atoms with Crippen molar-refractivity contribution in [3.8, 4) is 11.5 Å². The molecule has 0 unspecified atom stereocenters. The van der Waals surface area contributed by atoms with Crippen molar-refractivity contribution in [2.75, 3.05) is 0 Å². The lowest BCUT2D eigenvalue weighted by atomic mass is 10.2. The monoisotopic (exact) mass is 219 g/mol. The summed E-state index contributed by atoms with van der Waals surface area (Å²) in [6, 6.07) is 1.99. The van der Waals surface area contributed by atoms with Crippen molar-refractivity contribution in [1.29, 1.82) is 0 Å². The minimum atomic E-state index is -0.187. The Balaban J connectivity index is 2.03. The van der Waals surface area contributed by atoms with E-state index in [0.717, 1.165) is 11.4 Å². The molecule has 3 rings (SSSR count). The second-order valence-electron chi connectivity index (χ2n) is 4.08. The Bertz CT molecular complexity index is 560. The zero-order valence-electron chi connectivity index (χ0n) is 9.03. The number of hydrogen-bond acceptors (Lipinski definition) is 3. The van der Waals surface area contributed by atoms with Gasteiger partial charge in [-0.3, -0.25) is 9.67 Å². The fourth-order valence-corrected chi connectivity index (χ4v) is 1.86. The summed E-state index contributed by atoms with van der Waals surface area (Å²) in [7, 11) is 0. The van der Waals surface area contributed by atoms with Crippen LogP contribution in [0.15, 0.2) is 10.9 Å². The van der Waals surface area contributed by atoms with Crippen LogP contribution in [0.1, 0.15) is 31.4 Å². The van der Waals surface area contributed by atoms with Crippen molar-refractivity contribution in [3.63, 3.8) is 0 Å². The molecule has 0 aliphatic heterocycles. The number of rotatable bonds is 3. The van der Waals surface area contributed by atoms with Gasteiger partial charge in [0.25, 0.3) is 0 Å². The van der Waals surface area contributed by atoms with Crippen molar-refractivity contribution in [1.82, 2.24) is 25.0 Å². The van der Waals surface area contributed by atoms with Crippen LogP contribution in [-0.2, 0) is 6.54 Å². The van der Waals surface area contributed by atoms with Crippen LogP contribution in [0.5, 0.6) is 0 Å². The summed E-state index contributed by atoms with van der Waals surface area (Å²) in [6.07, 6.45) is 2.45. The fraction of sp³-hybridized carbons (Fsp3) is 0.500. The summed E-state index contributed by atoms with van der Waals surface area (Å²) in [5.74, 6) is 1.23. The van der Waals surface area contributed by atoms with Crippen molar-refractivity contribution in [2.24, 2.45) is 0 Å². The molecule has 16 heavy (non-hydrogen) atoms. The first-order valence-corrected chi connectivity index (χ1v) is 5.50. The summed E-state index contributed by atoms with van der Waals surface area (Å²) >= 11 is 0. The van der Waals surface area contributed by atoms with Gasteiger partial charge in [0.1, 0.15) is 5.69 Å². The van der Waals surface area contributed by atoms with Gasteiger partial charge in [-0.2, -0.15) is 10.2 Å². The molecule has 1 aliphatic carbocycles. The molecule has 0 saturated heterocycles. The second kappa shape index (κ2) is 3.33. The molecule has 1 aliphatic rings. The van der Waals surface area contributed by atoms with Gasteiger partial charge in [0.15, 0.2) is 5.82 Å². The Hall–Kier alpha value is -1.85. The number of H-pyrrole nitrogens is 2. The van der Waals surface area contributed by atoms with Crippen LogP contribution in [0, 0.1) is 0 Å². The van der Waals surface area contributed by atoms with Gasteiger partial charge in [0.05, 0.1) is 0 Å². The summed E-state index contributed by atoms with van der Waals surface area (Å²) < 4.78 is 1.58. The fourth-order valence-electron chi connectivity index (χ4n) is 1.86. The van der Waals surface area contributed by atoms with Crippen LogP contribution in [0.3, 0.4) is 0 Å². The van der Waals surface area contributed by atoms with Crippen LogP contribution in [0.4, 0.5) is 0 Å². The number of nitrogens with zero attached hydrogens (tertiary/aromatic N) is 3. The summed E-state index contributed by atoms with van der Waals surface area (Å²) in [5, 5.41) is 13.6. The van der Waals surface area contributed by atoms with E-state index in [4.69, 9.17) is 0 Å². The number of nitrogens with one attached hydrogen (secondary N) is 2. The van der Waals surface area contributed by atoms with Crippen LogP contribution in [0.2, 0.25) is 0 Å². The topological polar surface area (TPSA) is 79.4 Å². The van der Waals surface area contributed by atoms with E-state index in [1.54, 1.807) is 4.57 Å². The molecule has 2 heterocycles. The van der Waals surface area contributed by atoms with Gasteiger partial charge in [0.2, 0.25) is 0 Å². The second-order valence-corrected chi connectivity index (χ2v) is 4.08. The van der Waals surface area contributed by atoms with E-state index in [-0.39, 0.29) is 5.69 Å². The highest BCUT2D eigenvalue weighted by molar-refractivity contribution is 5.50. The standard InChI is InChI=1S/C10H13N5O/c1-2-15-9(13-14-10(15)16)8-5-7(11-12-8)6-3-4-6/h5-6H,2-4H2,1H3,(H,11,12)(H,14,16). The molecule has 0 atom stereocenters. The third kappa shape index (κ3) is 1.37. The Morgan fingerprint density at radius 1 is 1.44 bits per heavy atom. The summed E-state index contributed by atoms with van der Waals surface area (Å²) in [4.78, 5) is 11.4. The van der Waals surface area contributed by atoms with Crippen molar-refractivity contribution in [2.45, 2.75) is 32.2 Å². The first kappa shape index (κ1) is 9.38. The highest BCUT2D eigenvalue weighted by atomic mass is 16.1. The van der Waals surface area contributed by atoms with E-state index in [2.05, 4.69) is 20.4 Å². The van der Waals surface area contributed by atoms with E-state index in [1.165, 1.54) is 12.8 Å². The van der Waals surface area contributed by atoms with Crippen LogP contribution < -0.4 is 5.69 Å². The van der Waals surface area contributed by atoms with Gasteiger partial charge in [0, 0.05) is 18.2 Å². The molecule has 0 bridgehead atoms. The van der Waals surface area contributed by atoms with Gasteiger partial charge in [-0.05, 0) is 25.8 Å². The van der Waals surface area contributed by atoms with E-state index in [1.807, 2.05) is 13.0 Å². The molecule has 1 saturated carbocycles. The lowest BCUT2D eigenvalue weighted by Crippen LogP contribution is -2.16. The number of hydrogen-bond donors (Lipinski definition) is 2. The quantitative estimate of drug-likeness (QED) is 0.803. The van der Waals surface area contributed by atoms with E-state index in [9.17, 15) is 4.79 Å². The Morgan fingerprint density at radius 2 is 2.25 bits per heavy atom. The minimum absolute atomic E-state index is 0.187. The average molecular weight is 219 g/mol.